The summed E-state index contributed by atoms with van der Waals surface area (Å²) in [5.74, 6) is -0.534. The van der Waals surface area contributed by atoms with Crippen molar-refractivity contribution in [2.45, 2.75) is 32.8 Å². The second-order valence-corrected chi connectivity index (χ2v) is 5.99. The van der Waals surface area contributed by atoms with Crippen molar-refractivity contribution in [2.24, 2.45) is 17.8 Å². The molecule has 1 heterocycles. The molecular weight excluding hydrogens is 222 g/mol. The molecule has 1 N–H and O–H groups in total. The first kappa shape index (κ1) is 12.2. The van der Waals surface area contributed by atoms with Gasteiger partial charge in [-0.2, -0.15) is 0 Å². The molecule has 2 aliphatic rings. The predicted octanol–water partition coefficient (Wildman–Crippen LogP) is 1.57. The lowest BCUT2D eigenvalue weighted by atomic mass is 9.67. The lowest BCUT2D eigenvalue weighted by Gasteiger charge is -2.35. The number of hydrogen-bond donors (Lipinski definition) is 1. The van der Waals surface area contributed by atoms with Gasteiger partial charge in [0.1, 0.15) is 5.60 Å². The number of carboxylic acid groups (broad SMARTS) is 1. The molecule has 0 unspecified atom stereocenters. The van der Waals surface area contributed by atoms with Crippen LogP contribution in [0.5, 0.6) is 0 Å². The largest absolute Gasteiger partial charge is 0.481 e. The summed E-state index contributed by atoms with van der Waals surface area (Å²) in [5, 5.41) is 8.96. The number of aliphatic carboxylic acids is 1. The number of carbonyl (C=O) groups is 2. The Bertz CT molecular complexity index is 347. The fraction of sp³-hybridized carbons (Fsp3) is 0.833. The normalized spacial score (nSPS) is 31.7. The van der Waals surface area contributed by atoms with Gasteiger partial charge in [0.05, 0.1) is 5.92 Å². The molecule has 2 fully saturated rings. The van der Waals surface area contributed by atoms with Gasteiger partial charge in [-0.15, -0.1) is 0 Å². The van der Waals surface area contributed by atoms with Crippen LogP contribution in [0.2, 0.25) is 0 Å². The van der Waals surface area contributed by atoms with E-state index in [1.807, 2.05) is 20.8 Å². The Hall–Kier alpha value is -1.26. The third-order valence-corrected chi connectivity index (χ3v) is 3.53. The van der Waals surface area contributed by atoms with Crippen LogP contribution >= 0.6 is 0 Å². The Morgan fingerprint density at radius 2 is 1.94 bits per heavy atom. The number of nitrogens with zero attached hydrogens (tertiary/aromatic N) is 1. The maximum absolute atomic E-state index is 11.8. The highest BCUT2D eigenvalue weighted by molar-refractivity contribution is 5.73. The zero-order valence-electron chi connectivity index (χ0n) is 10.5. The van der Waals surface area contributed by atoms with E-state index < -0.39 is 11.6 Å². The average molecular weight is 241 g/mol. The van der Waals surface area contributed by atoms with Crippen molar-refractivity contribution in [3.8, 4) is 0 Å². The van der Waals surface area contributed by atoms with Crippen molar-refractivity contribution < 1.29 is 19.4 Å². The molecule has 3 atom stereocenters. The summed E-state index contributed by atoms with van der Waals surface area (Å²) in [6, 6.07) is 0. The number of amides is 1. The maximum Gasteiger partial charge on any atom is 0.410 e. The van der Waals surface area contributed by atoms with E-state index in [1.165, 1.54) is 0 Å². The van der Waals surface area contributed by atoms with Crippen LogP contribution in [-0.2, 0) is 9.53 Å². The number of ether oxygens (including phenoxy) is 1. The molecule has 0 radical (unpaired) electrons. The first-order chi connectivity index (χ1) is 7.78. The summed E-state index contributed by atoms with van der Waals surface area (Å²) >= 11 is 0. The molecule has 1 saturated carbocycles. The second-order valence-electron chi connectivity index (χ2n) is 5.99. The van der Waals surface area contributed by atoms with E-state index >= 15 is 0 Å². The molecule has 1 amide bonds. The summed E-state index contributed by atoms with van der Waals surface area (Å²) in [6.07, 6.45) is 0.371. The fourth-order valence-corrected chi connectivity index (χ4v) is 2.67. The molecule has 0 aromatic carbocycles. The number of carboxylic acids is 1. The van der Waals surface area contributed by atoms with Crippen LogP contribution in [0.1, 0.15) is 27.2 Å². The van der Waals surface area contributed by atoms with E-state index in [-0.39, 0.29) is 17.9 Å². The fourth-order valence-electron chi connectivity index (χ4n) is 2.67. The number of likely N-dealkylation sites (tertiary alicyclic amines) is 1. The first-order valence-corrected chi connectivity index (χ1v) is 5.98. The SMILES string of the molecule is CC(C)(C)OC(=O)N1C[C@@H]2C[C@@H](C(=O)O)[C@H]2C1. The Kier molecular flexibility index (Phi) is 2.79. The van der Waals surface area contributed by atoms with Gasteiger partial charge >= 0.3 is 12.1 Å². The summed E-state index contributed by atoms with van der Waals surface area (Å²) in [6.45, 7) is 6.65. The van der Waals surface area contributed by atoms with E-state index in [0.717, 1.165) is 0 Å². The maximum atomic E-state index is 11.8. The number of fused-ring (bicyclic) bond motifs is 1. The molecule has 96 valence electrons. The highest BCUT2D eigenvalue weighted by atomic mass is 16.6. The molecule has 0 aromatic rings. The summed E-state index contributed by atoms with van der Waals surface area (Å²) < 4.78 is 5.28. The molecule has 2 rings (SSSR count). The van der Waals surface area contributed by atoms with E-state index in [4.69, 9.17) is 9.84 Å². The number of rotatable bonds is 1. The third-order valence-electron chi connectivity index (χ3n) is 3.53. The van der Waals surface area contributed by atoms with Crippen molar-refractivity contribution in [3.05, 3.63) is 0 Å². The minimum Gasteiger partial charge on any atom is -0.481 e. The van der Waals surface area contributed by atoms with E-state index in [1.54, 1.807) is 4.90 Å². The smallest absolute Gasteiger partial charge is 0.410 e. The van der Waals surface area contributed by atoms with Gasteiger partial charge in [-0.05, 0) is 39.0 Å². The van der Waals surface area contributed by atoms with E-state index in [9.17, 15) is 9.59 Å². The lowest BCUT2D eigenvalue weighted by Crippen LogP contribution is -2.40. The Morgan fingerprint density at radius 3 is 2.47 bits per heavy atom. The van der Waals surface area contributed by atoms with Crippen molar-refractivity contribution in [2.75, 3.05) is 13.1 Å². The van der Waals surface area contributed by atoms with Gasteiger partial charge in [-0.3, -0.25) is 4.79 Å². The minimum absolute atomic E-state index is 0.125. The van der Waals surface area contributed by atoms with Crippen LogP contribution < -0.4 is 0 Å². The summed E-state index contributed by atoms with van der Waals surface area (Å²) in [7, 11) is 0. The van der Waals surface area contributed by atoms with Crippen molar-refractivity contribution in [1.82, 2.24) is 4.90 Å². The van der Waals surface area contributed by atoms with Crippen molar-refractivity contribution in [1.29, 1.82) is 0 Å². The van der Waals surface area contributed by atoms with E-state index in [0.29, 0.717) is 25.4 Å². The van der Waals surface area contributed by atoms with Crippen LogP contribution in [-0.4, -0.2) is 40.8 Å². The van der Waals surface area contributed by atoms with Gasteiger partial charge in [-0.1, -0.05) is 0 Å². The number of carbonyl (C=O) groups excluding carboxylic acids is 1. The predicted molar refractivity (Wildman–Crippen MR) is 60.5 cm³/mol. The zero-order valence-corrected chi connectivity index (χ0v) is 10.5. The Balaban J connectivity index is 1.91. The second kappa shape index (κ2) is 3.89. The standard InChI is InChI=1S/C12H19NO4/c1-12(2,3)17-11(16)13-5-7-4-8(10(14)15)9(7)6-13/h7-9H,4-6H2,1-3H3,(H,14,15)/t7-,8+,9-/m0/s1. The topological polar surface area (TPSA) is 66.8 Å². The Labute approximate surface area is 101 Å². The van der Waals surface area contributed by atoms with Gasteiger partial charge < -0.3 is 14.7 Å². The average Bonchev–Trinajstić information content (AvgIpc) is 2.40. The number of hydrogen-bond acceptors (Lipinski definition) is 3. The zero-order chi connectivity index (χ0) is 12.8. The molecule has 17 heavy (non-hydrogen) atoms. The van der Waals surface area contributed by atoms with Crippen LogP contribution in [0, 0.1) is 17.8 Å². The van der Waals surface area contributed by atoms with Crippen LogP contribution in [0.4, 0.5) is 4.79 Å². The highest BCUT2D eigenvalue weighted by Gasteiger charge is 2.51. The van der Waals surface area contributed by atoms with Crippen LogP contribution in [0.15, 0.2) is 0 Å². The minimum atomic E-state index is -0.739. The molecule has 0 spiro atoms. The summed E-state index contributed by atoms with van der Waals surface area (Å²) in [4.78, 5) is 24.3. The Morgan fingerprint density at radius 1 is 1.29 bits per heavy atom. The lowest BCUT2D eigenvalue weighted by molar-refractivity contribution is -0.149. The van der Waals surface area contributed by atoms with Gasteiger partial charge in [0.15, 0.2) is 0 Å². The molecule has 0 aromatic heterocycles. The quantitative estimate of drug-likeness (QED) is 0.756. The third kappa shape index (κ3) is 2.37. The summed E-state index contributed by atoms with van der Waals surface area (Å²) in [5.41, 5.74) is -0.495. The van der Waals surface area contributed by atoms with Crippen molar-refractivity contribution in [3.63, 3.8) is 0 Å². The van der Waals surface area contributed by atoms with Gasteiger partial charge in [-0.25, -0.2) is 4.79 Å². The molecule has 0 bridgehead atoms. The van der Waals surface area contributed by atoms with E-state index in [2.05, 4.69) is 0 Å². The van der Waals surface area contributed by atoms with Gasteiger partial charge in [0.2, 0.25) is 0 Å². The van der Waals surface area contributed by atoms with Crippen LogP contribution in [0.25, 0.3) is 0 Å². The molecule has 5 nitrogen and oxygen atoms in total. The van der Waals surface area contributed by atoms with Crippen molar-refractivity contribution >= 4 is 12.1 Å². The molecular formula is C12H19NO4. The van der Waals surface area contributed by atoms with Gasteiger partial charge in [0, 0.05) is 13.1 Å². The molecule has 1 saturated heterocycles. The molecule has 1 aliphatic carbocycles. The molecule has 5 heteroatoms. The van der Waals surface area contributed by atoms with Crippen LogP contribution in [0.3, 0.4) is 0 Å². The first-order valence-electron chi connectivity index (χ1n) is 5.98. The monoisotopic (exact) mass is 241 g/mol. The van der Waals surface area contributed by atoms with Gasteiger partial charge in [0.25, 0.3) is 0 Å². The highest BCUT2D eigenvalue weighted by Crippen LogP contribution is 2.45. The molecule has 1 aliphatic heterocycles.